The van der Waals surface area contributed by atoms with E-state index in [1.165, 1.54) is 19.8 Å². The van der Waals surface area contributed by atoms with Crippen LogP contribution in [0.4, 0.5) is 0 Å². The number of carbonyl (C=O) groups is 2. The average Bonchev–Trinajstić information content (AvgIpc) is 2.74. The zero-order chi connectivity index (χ0) is 22.1. The smallest absolute Gasteiger partial charge is 0.325 e. The molecule has 0 aliphatic heterocycles. The number of rotatable bonds is 10. The van der Waals surface area contributed by atoms with Crippen molar-refractivity contribution in [2.24, 2.45) is 0 Å². The van der Waals surface area contributed by atoms with E-state index in [-0.39, 0.29) is 19.8 Å². The van der Waals surface area contributed by atoms with Gasteiger partial charge in [-0.1, -0.05) is 19.9 Å². The molecule has 0 spiro atoms. The number of benzene rings is 2. The molecule has 0 aromatic heterocycles. The third kappa shape index (κ3) is 6.40. The Hall–Kier alpha value is -3.22. The first-order valence-electron chi connectivity index (χ1n) is 9.75. The lowest BCUT2D eigenvalue weighted by Gasteiger charge is -2.13. The molecule has 0 aliphatic carbocycles. The summed E-state index contributed by atoms with van der Waals surface area (Å²) < 4.78 is 21.0. The van der Waals surface area contributed by atoms with Crippen LogP contribution in [-0.2, 0) is 9.53 Å². The highest BCUT2D eigenvalue weighted by molar-refractivity contribution is 5.96. The molecule has 0 saturated heterocycles. The summed E-state index contributed by atoms with van der Waals surface area (Å²) in [5.74, 6) is 1.18. The van der Waals surface area contributed by atoms with Gasteiger partial charge >= 0.3 is 5.97 Å². The zero-order valence-electron chi connectivity index (χ0n) is 18.1. The number of methoxy groups -OCH3 is 2. The number of ether oxygens (including phenoxy) is 4. The largest absolute Gasteiger partial charge is 0.493 e. The second-order valence-electron chi connectivity index (χ2n) is 6.99. The highest BCUT2D eigenvalue weighted by atomic mass is 16.6. The molecule has 1 amide bonds. The van der Waals surface area contributed by atoms with Gasteiger partial charge in [0.2, 0.25) is 0 Å². The lowest BCUT2D eigenvalue weighted by atomic mass is 9.98. The Morgan fingerprint density at radius 3 is 2.33 bits per heavy atom. The minimum absolute atomic E-state index is 0.0933. The maximum atomic E-state index is 12.2. The van der Waals surface area contributed by atoms with Crippen LogP contribution >= 0.6 is 0 Å². The van der Waals surface area contributed by atoms with Crippen molar-refractivity contribution in [1.29, 1.82) is 0 Å². The first-order chi connectivity index (χ1) is 14.3. The molecule has 7 nitrogen and oxygen atoms in total. The fourth-order valence-corrected chi connectivity index (χ4v) is 2.98. The predicted molar refractivity (Wildman–Crippen MR) is 114 cm³/mol. The summed E-state index contributed by atoms with van der Waals surface area (Å²) in [7, 11) is 3.00. The third-order valence-corrected chi connectivity index (χ3v) is 4.52. The van der Waals surface area contributed by atoms with E-state index in [2.05, 4.69) is 19.2 Å². The van der Waals surface area contributed by atoms with Crippen molar-refractivity contribution in [2.75, 3.05) is 34.0 Å². The van der Waals surface area contributed by atoms with Gasteiger partial charge in [0.15, 0.2) is 11.5 Å². The van der Waals surface area contributed by atoms with E-state index in [0.717, 1.165) is 11.3 Å². The summed E-state index contributed by atoms with van der Waals surface area (Å²) in [6.45, 7) is 6.42. The van der Waals surface area contributed by atoms with Gasteiger partial charge in [0, 0.05) is 5.56 Å². The van der Waals surface area contributed by atoms with Crippen LogP contribution in [0.25, 0.3) is 0 Å². The van der Waals surface area contributed by atoms with E-state index in [0.29, 0.717) is 23.0 Å². The SMILES string of the molecule is COc1ccc(C(=O)NCC(=O)OCCOc2ccc(C(C)C)c(C)c2)cc1OC. The first kappa shape index (κ1) is 23.1. The molecule has 0 aliphatic rings. The van der Waals surface area contributed by atoms with Gasteiger partial charge in [-0.3, -0.25) is 9.59 Å². The highest BCUT2D eigenvalue weighted by Gasteiger charge is 2.12. The van der Waals surface area contributed by atoms with Crippen LogP contribution in [0.15, 0.2) is 36.4 Å². The van der Waals surface area contributed by atoms with Crippen molar-refractivity contribution >= 4 is 11.9 Å². The molecule has 162 valence electrons. The Balaban J connectivity index is 1.73. The summed E-state index contributed by atoms with van der Waals surface area (Å²) in [6.07, 6.45) is 0. The van der Waals surface area contributed by atoms with E-state index in [1.807, 2.05) is 25.1 Å². The molecule has 2 aromatic carbocycles. The summed E-state index contributed by atoms with van der Waals surface area (Å²) in [4.78, 5) is 24.0. The summed E-state index contributed by atoms with van der Waals surface area (Å²) in [5, 5.41) is 2.52. The summed E-state index contributed by atoms with van der Waals surface area (Å²) in [5.41, 5.74) is 2.79. The number of esters is 1. The maximum absolute atomic E-state index is 12.2. The van der Waals surface area contributed by atoms with Gasteiger partial charge in [0.25, 0.3) is 5.91 Å². The minimum atomic E-state index is -0.543. The highest BCUT2D eigenvalue weighted by Crippen LogP contribution is 2.27. The molecular weight excluding hydrogens is 386 g/mol. The predicted octanol–water partition coefficient (Wildman–Crippen LogP) is 3.49. The molecule has 0 radical (unpaired) electrons. The molecule has 0 saturated carbocycles. The van der Waals surface area contributed by atoms with Gasteiger partial charge in [-0.05, 0) is 54.3 Å². The minimum Gasteiger partial charge on any atom is -0.493 e. The van der Waals surface area contributed by atoms with Crippen molar-refractivity contribution in [2.45, 2.75) is 26.7 Å². The number of carbonyl (C=O) groups excluding carboxylic acids is 2. The van der Waals surface area contributed by atoms with Crippen molar-refractivity contribution < 1.29 is 28.5 Å². The van der Waals surface area contributed by atoms with Crippen LogP contribution in [0.1, 0.15) is 41.3 Å². The molecule has 2 rings (SSSR count). The van der Waals surface area contributed by atoms with Gasteiger partial charge in [-0.2, -0.15) is 0 Å². The quantitative estimate of drug-likeness (QED) is 0.472. The number of nitrogens with one attached hydrogen (secondary N) is 1. The van der Waals surface area contributed by atoms with Gasteiger partial charge in [-0.25, -0.2) is 0 Å². The molecular formula is C23H29NO6. The third-order valence-electron chi connectivity index (χ3n) is 4.52. The normalized spacial score (nSPS) is 10.5. The average molecular weight is 415 g/mol. The lowest BCUT2D eigenvalue weighted by molar-refractivity contribution is -0.143. The standard InChI is InChI=1S/C23H29NO6/c1-15(2)19-8-7-18(12-16(19)3)29-10-11-30-22(25)14-24-23(26)17-6-9-20(27-4)21(13-17)28-5/h6-9,12-13,15H,10-11,14H2,1-5H3,(H,24,26). The van der Waals surface area contributed by atoms with Gasteiger partial charge in [0.05, 0.1) is 14.2 Å². The Kier molecular flexibility index (Phi) is 8.53. The molecule has 7 heteroatoms. The summed E-state index contributed by atoms with van der Waals surface area (Å²) >= 11 is 0. The molecule has 0 bridgehead atoms. The molecule has 0 fully saturated rings. The number of hydrogen-bond donors (Lipinski definition) is 1. The van der Waals surface area contributed by atoms with Crippen molar-refractivity contribution in [3.63, 3.8) is 0 Å². The van der Waals surface area contributed by atoms with E-state index >= 15 is 0 Å². The molecule has 0 atom stereocenters. The topological polar surface area (TPSA) is 83.1 Å². The number of amides is 1. The van der Waals surface area contributed by atoms with Gasteiger partial charge < -0.3 is 24.3 Å². The second kappa shape index (κ2) is 11.1. The van der Waals surface area contributed by atoms with Crippen LogP contribution in [0.3, 0.4) is 0 Å². The van der Waals surface area contributed by atoms with Crippen LogP contribution in [0.2, 0.25) is 0 Å². The Morgan fingerprint density at radius 1 is 0.967 bits per heavy atom. The number of hydrogen-bond acceptors (Lipinski definition) is 6. The molecule has 0 heterocycles. The van der Waals surface area contributed by atoms with Crippen LogP contribution in [-0.4, -0.2) is 45.9 Å². The van der Waals surface area contributed by atoms with Crippen LogP contribution in [0, 0.1) is 6.92 Å². The van der Waals surface area contributed by atoms with Crippen LogP contribution < -0.4 is 19.5 Å². The van der Waals surface area contributed by atoms with Crippen molar-refractivity contribution in [1.82, 2.24) is 5.32 Å². The van der Waals surface area contributed by atoms with E-state index in [9.17, 15) is 9.59 Å². The first-order valence-corrected chi connectivity index (χ1v) is 9.75. The maximum Gasteiger partial charge on any atom is 0.325 e. The lowest BCUT2D eigenvalue weighted by Crippen LogP contribution is -2.31. The molecule has 2 aromatic rings. The van der Waals surface area contributed by atoms with Crippen LogP contribution in [0.5, 0.6) is 17.2 Å². The molecule has 1 N–H and O–H groups in total. The zero-order valence-corrected chi connectivity index (χ0v) is 18.1. The van der Waals surface area contributed by atoms with E-state index < -0.39 is 11.9 Å². The van der Waals surface area contributed by atoms with Gasteiger partial charge in [0.1, 0.15) is 25.5 Å². The monoisotopic (exact) mass is 415 g/mol. The Bertz CT molecular complexity index is 878. The summed E-state index contributed by atoms with van der Waals surface area (Å²) in [6, 6.07) is 10.7. The fourth-order valence-electron chi connectivity index (χ4n) is 2.98. The Morgan fingerprint density at radius 2 is 1.70 bits per heavy atom. The second-order valence-corrected chi connectivity index (χ2v) is 6.99. The molecule has 0 unspecified atom stereocenters. The fraction of sp³-hybridized carbons (Fsp3) is 0.391. The number of aryl methyl sites for hydroxylation is 1. The van der Waals surface area contributed by atoms with Crippen molar-refractivity contribution in [3.8, 4) is 17.2 Å². The Labute approximate surface area is 177 Å². The van der Waals surface area contributed by atoms with Crippen molar-refractivity contribution in [3.05, 3.63) is 53.1 Å². The molecule has 30 heavy (non-hydrogen) atoms. The van der Waals surface area contributed by atoms with E-state index in [4.69, 9.17) is 18.9 Å². The van der Waals surface area contributed by atoms with Gasteiger partial charge in [-0.15, -0.1) is 0 Å². The van der Waals surface area contributed by atoms with E-state index in [1.54, 1.807) is 18.2 Å².